The second kappa shape index (κ2) is 7.36. The highest BCUT2D eigenvalue weighted by Crippen LogP contribution is 2.46. The highest BCUT2D eigenvalue weighted by molar-refractivity contribution is 6.30. The Balaban J connectivity index is 1.36. The molecule has 2 aromatic carbocycles. The van der Waals surface area contributed by atoms with Crippen LogP contribution < -0.4 is 10.3 Å². The molecule has 1 fully saturated rings. The van der Waals surface area contributed by atoms with Crippen molar-refractivity contribution in [2.75, 3.05) is 0 Å². The Hall–Kier alpha value is -3.56. The average Bonchev–Trinajstić information content (AvgIpc) is 3.43. The molecule has 1 aliphatic carbocycles. The first-order valence-electron chi connectivity index (χ1n) is 9.60. The van der Waals surface area contributed by atoms with Crippen LogP contribution in [0.4, 0.5) is 0 Å². The molecule has 0 saturated heterocycles. The predicted molar refractivity (Wildman–Crippen MR) is 114 cm³/mol. The van der Waals surface area contributed by atoms with Gasteiger partial charge in [-0.15, -0.1) is 0 Å². The summed E-state index contributed by atoms with van der Waals surface area (Å²) in [5.41, 5.74) is 3.20. The van der Waals surface area contributed by atoms with E-state index in [4.69, 9.17) is 21.6 Å². The van der Waals surface area contributed by atoms with Crippen molar-refractivity contribution in [3.05, 3.63) is 87.6 Å². The molecule has 2 heterocycles. The number of ether oxygens (including phenoxy) is 1. The summed E-state index contributed by atoms with van der Waals surface area (Å²) in [6, 6.07) is 18.5. The van der Waals surface area contributed by atoms with E-state index in [9.17, 15) is 4.79 Å². The molecule has 30 heavy (non-hydrogen) atoms. The Morgan fingerprint density at radius 3 is 2.77 bits per heavy atom. The summed E-state index contributed by atoms with van der Waals surface area (Å²) in [5, 5.41) is 9.70. The molecule has 4 aromatic rings. The fourth-order valence-corrected chi connectivity index (χ4v) is 3.62. The van der Waals surface area contributed by atoms with Crippen LogP contribution in [-0.2, 0) is 6.61 Å². The summed E-state index contributed by atoms with van der Waals surface area (Å²) in [4.78, 5) is 20.5. The fourth-order valence-electron chi connectivity index (χ4n) is 3.49. The smallest absolute Gasteiger partial charge is 0.258 e. The molecule has 2 unspecified atom stereocenters. The molecule has 0 aliphatic heterocycles. The minimum atomic E-state index is -0.186. The first-order valence-corrected chi connectivity index (χ1v) is 9.98. The molecule has 7 heteroatoms. The number of halogens is 1. The van der Waals surface area contributed by atoms with Gasteiger partial charge in [0.25, 0.3) is 5.56 Å². The topological polar surface area (TPSA) is 83.7 Å². The predicted octanol–water partition coefficient (Wildman–Crippen LogP) is 4.57. The van der Waals surface area contributed by atoms with Crippen LogP contribution in [0, 0.1) is 17.2 Å². The zero-order valence-corrected chi connectivity index (χ0v) is 16.6. The van der Waals surface area contributed by atoms with Crippen molar-refractivity contribution in [1.29, 1.82) is 5.26 Å². The molecular weight excluding hydrogens is 400 g/mol. The number of nitrogens with zero attached hydrogens (tertiary/aromatic N) is 3. The number of hydrogen-bond acceptors (Lipinski definition) is 4. The quantitative estimate of drug-likeness (QED) is 0.516. The number of benzene rings is 2. The minimum absolute atomic E-state index is 0.0491. The number of hydrogen-bond donors (Lipinski definition) is 1. The summed E-state index contributed by atoms with van der Waals surface area (Å²) < 4.78 is 7.29. The van der Waals surface area contributed by atoms with Crippen molar-refractivity contribution in [1.82, 2.24) is 14.5 Å². The van der Waals surface area contributed by atoms with Gasteiger partial charge in [0.1, 0.15) is 18.2 Å². The Morgan fingerprint density at radius 2 is 2.03 bits per heavy atom. The third-order valence-electron chi connectivity index (χ3n) is 5.28. The van der Waals surface area contributed by atoms with Gasteiger partial charge in [0.15, 0.2) is 0 Å². The maximum atomic E-state index is 12.6. The van der Waals surface area contributed by atoms with Crippen molar-refractivity contribution in [3.63, 3.8) is 0 Å². The maximum Gasteiger partial charge on any atom is 0.258 e. The number of nitriles is 1. The van der Waals surface area contributed by atoms with E-state index in [1.165, 1.54) is 6.07 Å². The largest absolute Gasteiger partial charge is 0.489 e. The highest BCUT2D eigenvalue weighted by Gasteiger charge is 2.40. The standard InChI is InChI=1S/C23H17ClN4O2/c24-16-3-1-14(2-4-16)13-30-18-7-8-28(22(29)11-18)17-5-6-20-21(10-17)27-23(26-20)19-9-15(19)12-25/h1-8,10-11,15,19H,9,13H2,(H,26,27). The lowest BCUT2D eigenvalue weighted by Gasteiger charge is -2.09. The van der Waals surface area contributed by atoms with Gasteiger partial charge in [-0.1, -0.05) is 23.7 Å². The van der Waals surface area contributed by atoms with Crippen molar-refractivity contribution in [3.8, 4) is 17.5 Å². The van der Waals surface area contributed by atoms with Gasteiger partial charge in [-0.05, 0) is 48.4 Å². The van der Waals surface area contributed by atoms with Crippen LogP contribution in [0.5, 0.6) is 5.75 Å². The lowest BCUT2D eigenvalue weighted by atomic mass is 10.2. The molecule has 5 rings (SSSR count). The summed E-state index contributed by atoms with van der Waals surface area (Å²) in [5.74, 6) is 1.58. The molecule has 0 spiro atoms. The SMILES string of the molecule is N#CC1CC1c1nc2ccc(-n3ccc(OCc4ccc(Cl)cc4)cc3=O)cc2[nH]1. The van der Waals surface area contributed by atoms with Crippen molar-refractivity contribution in [2.45, 2.75) is 18.9 Å². The number of imidazole rings is 1. The first kappa shape index (κ1) is 18.5. The third kappa shape index (κ3) is 3.56. The summed E-state index contributed by atoms with van der Waals surface area (Å²) in [7, 11) is 0. The monoisotopic (exact) mass is 416 g/mol. The van der Waals surface area contributed by atoms with Gasteiger partial charge in [-0.2, -0.15) is 5.26 Å². The van der Waals surface area contributed by atoms with Crippen LogP contribution in [0.1, 0.15) is 23.7 Å². The normalized spacial score (nSPS) is 17.6. The van der Waals surface area contributed by atoms with E-state index in [0.29, 0.717) is 17.4 Å². The number of H-pyrrole nitrogens is 1. The van der Waals surface area contributed by atoms with Crippen LogP contribution in [0.2, 0.25) is 5.02 Å². The molecule has 0 radical (unpaired) electrons. The third-order valence-corrected chi connectivity index (χ3v) is 5.53. The number of rotatable bonds is 5. The van der Waals surface area contributed by atoms with Crippen LogP contribution in [0.15, 0.2) is 65.6 Å². The minimum Gasteiger partial charge on any atom is -0.489 e. The van der Waals surface area contributed by atoms with E-state index in [1.807, 2.05) is 30.3 Å². The molecule has 2 aromatic heterocycles. The number of aromatic amines is 1. The number of nitrogens with one attached hydrogen (secondary N) is 1. The van der Waals surface area contributed by atoms with Gasteiger partial charge in [-0.3, -0.25) is 9.36 Å². The zero-order chi connectivity index (χ0) is 20.7. The van der Waals surface area contributed by atoms with E-state index < -0.39 is 0 Å². The van der Waals surface area contributed by atoms with Gasteiger partial charge < -0.3 is 9.72 Å². The second-order valence-corrected chi connectivity index (χ2v) is 7.82. The Kier molecular flexibility index (Phi) is 4.53. The molecule has 0 amide bonds. The highest BCUT2D eigenvalue weighted by atomic mass is 35.5. The Bertz CT molecular complexity index is 1330. The van der Waals surface area contributed by atoms with E-state index in [-0.39, 0.29) is 17.4 Å². The molecule has 148 valence electrons. The lowest BCUT2D eigenvalue weighted by molar-refractivity contribution is 0.305. The molecule has 2 atom stereocenters. The molecular formula is C23H17ClN4O2. The summed E-state index contributed by atoms with van der Waals surface area (Å²) in [6.45, 7) is 0.356. The molecule has 1 aliphatic rings. The molecule has 0 bridgehead atoms. The molecule has 1 saturated carbocycles. The average molecular weight is 417 g/mol. The van der Waals surface area contributed by atoms with Crippen molar-refractivity contribution < 1.29 is 4.74 Å². The van der Waals surface area contributed by atoms with E-state index in [0.717, 1.165) is 34.5 Å². The van der Waals surface area contributed by atoms with Gasteiger partial charge in [0.05, 0.1) is 28.7 Å². The van der Waals surface area contributed by atoms with Crippen LogP contribution in [-0.4, -0.2) is 14.5 Å². The van der Waals surface area contributed by atoms with E-state index >= 15 is 0 Å². The maximum absolute atomic E-state index is 12.6. The van der Waals surface area contributed by atoms with Gasteiger partial charge in [0.2, 0.25) is 0 Å². The van der Waals surface area contributed by atoms with Gasteiger partial charge >= 0.3 is 0 Å². The van der Waals surface area contributed by atoms with E-state index in [1.54, 1.807) is 29.0 Å². The first-order chi connectivity index (χ1) is 14.6. The van der Waals surface area contributed by atoms with Crippen LogP contribution in [0.3, 0.4) is 0 Å². The Morgan fingerprint density at radius 1 is 1.20 bits per heavy atom. The summed E-state index contributed by atoms with van der Waals surface area (Å²) in [6.07, 6.45) is 2.55. The van der Waals surface area contributed by atoms with Gasteiger partial charge in [-0.25, -0.2) is 4.98 Å². The lowest BCUT2D eigenvalue weighted by Crippen LogP contribution is -2.16. The van der Waals surface area contributed by atoms with Crippen LogP contribution in [0.25, 0.3) is 16.7 Å². The number of aromatic nitrogens is 3. The fraction of sp³-hybridized carbons (Fsp3) is 0.174. The number of pyridine rings is 1. The number of fused-ring (bicyclic) bond motifs is 1. The zero-order valence-electron chi connectivity index (χ0n) is 15.9. The van der Waals surface area contributed by atoms with E-state index in [2.05, 4.69) is 16.0 Å². The molecule has 6 nitrogen and oxygen atoms in total. The van der Waals surface area contributed by atoms with Crippen molar-refractivity contribution >= 4 is 22.6 Å². The Labute approximate surface area is 177 Å². The van der Waals surface area contributed by atoms with Crippen LogP contribution >= 0.6 is 11.6 Å². The second-order valence-electron chi connectivity index (χ2n) is 7.39. The van der Waals surface area contributed by atoms with Crippen molar-refractivity contribution in [2.24, 2.45) is 5.92 Å². The molecule has 1 N–H and O–H groups in total. The van der Waals surface area contributed by atoms with Gasteiger partial charge in [0, 0.05) is 23.2 Å². The summed E-state index contributed by atoms with van der Waals surface area (Å²) >= 11 is 5.89.